The fourth-order valence-corrected chi connectivity index (χ4v) is 2.93. The quantitative estimate of drug-likeness (QED) is 0.511. The standard InChI is InChI=1S/C18H11BrF2N4O/c19-12-2-5-14(6-3-12)25-17-15(8-23-25)18(26)24(10-22-17)9-11-1-4-13(20)7-16(11)21/h1-8,10H,9H2. The SMILES string of the molecule is O=c1c2cnn(-c3ccc(Br)cc3)c2ncn1Cc1ccc(F)cc1F. The lowest BCUT2D eigenvalue weighted by atomic mass is 10.2. The minimum atomic E-state index is -0.706. The Balaban J connectivity index is 1.76. The van der Waals surface area contributed by atoms with E-state index < -0.39 is 11.6 Å². The average molecular weight is 417 g/mol. The van der Waals surface area contributed by atoms with Gasteiger partial charge in [0.1, 0.15) is 23.3 Å². The summed E-state index contributed by atoms with van der Waals surface area (Å²) in [5.41, 5.74) is 1.03. The van der Waals surface area contributed by atoms with Crippen LogP contribution in [0.4, 0.5) is 8.78 Å². The lowest BCUT2D eigenvalue weighted by Crippen LogP contribution is -2.21. The van der Waals surface area contributed by atoms with Gasteiger partial charge in [-0.15, -0.1) is 0 Å². The third-order valence-corrected chi connectivity index (χ3v) is 4.51. The summed E-state index contributed by atoms with van der Waals surface area (Å²) in [5.74, 6) is -1.37. The number of aromatic nitrogens is 4. The van der Waals surface area contributed by atoms with E-state index in [-0.39, 0.29) is 17.7 Å². The topological polar surface area (TPSA) is 52.7 Å². The van der Waals surface area contributed by atoms with Crippen LogP contribution in [-0.2, 0) is 6.54 Å². The van der Waals surface area contributed by atoms with Gasteiger partial charge in [0.2, 0.25) is 0 Å². The third kappa shape index (κ3) is 2.92. The summed E-state index contributed by atoms with van der Waals surface area (Å²) in [4.78, 5) is 17.0. The van der Waals surface area contributed by atoms with Gasteiger partial charge in [-0.3, -0.25) is 9.36 Å². The highest BCUT2D eigenvalue weighted by Gasteiger charge is 2.13. The Morgan fingerprint density at radius 1 is 1.08 bits per heavy atom. The van der Waals surface area contributed by atoms with Crippen molar-refractivity contribution in [1.82, 2.24) is 19.3 Å². The summed E-state index contributed by atoms with van der Waals surface area (Å²) in [6.07, 6.45) is 2.77. The summed E-state index contributed by atoms with van der Waals surface area (Å²) < 4.78 is 30.6. The predicted molar refractivity (Wildman–Crippen MR) is 96.3 cm³/mol. The van der Waals surface area contributed by atoms with Crippen molar-refractivity contribution in [3.05, 3.63) is 87.0 Å². The van der Waals surface area contributed by atoms with E-state index in [4.69, 9.17) is 0 Å². The molecule has 8 heteroatoms. The number of benzene rings is 2. The number of hydrogen-bond donors (Lipinski definition) is 0. The Labute approximate surface area is 154 Å². The molecule has 0 amide bonds. The van der Waals surface area contributed by atoms with Crippen molar-refractivity contribution in [2.75, 3.05) is 0 Å². The Hall–Kier alpha value is -2.87. The molecule has 4 aromatic rings. The van der Waals surface area contributed by atoms with Crippen molar-refractivity contribution in [1.29, 1.82) is 0 Å². The summed E-state index contributed by atoms with van der Waals surface area (Å²) >= 11 is 3.37. The van der Waals surface area contributed by atoms with Gasteiger partial charge in [-0.25, -0.2) is 18.4 Å². The largest absolute Gasteiger partial charge is 0.294 e. The van der Waals surface area contributed by atoms with Crippen LogP contribution in [0.25, 0.3) is 16.7 Å². The minimum Gasteiger partial charge on any atom is -0.294 e. The second-order valence-corrected chi connectivity index (χ2v) is 6.60. The highest BCUT2D eigenvalue weighted by molar-refractivity contribution is 9.10. The van der Waals surface area contributed by atoms with E-state index in [1.165, 1.54) is 23.2 Å². The number of fused-ring (bicyclic) bond motifs is 1. The zero-order chi connectivity index (χ0) is 18.3. The highest BCUT2D eigenvalue weighted by Crippen LogP contribution is 2.17. The lowest BCUT2D eigenvalue weighted by Gasteiger charge is -2.07. The maximum Gasteiger partial charge on any atom is 0.264 e. The van der Waals surface area contributed by atoms with Gasteiger partial charge < -0.3 is 0 Å². The summed E-state index contributed by atoms with van der Waals surface area (Å²) in [6.45, 7) is -0.0443. The second kappa shape index (κ2) is 6.45. The van der Waals surface area contributed by atoms with Crippen molar-refractivity contribution < 1.29 is 8.78 Å². The van der Waals surface area contributed by atoms with Gasteiger partial charge in [-0.05, 0) is 30.3 Å². The van der Waals surface area contributed by atoms with E-state index in [1.54, 1.807) is 4.68 Å². The van der Waals surface area contributed by atoms with Gasteiger partial charge in [0.05, 0.1) is 18.4 Å². The minimum absolute atomic E-state index is 0.0443. The van der Waals surface area contributed by atoms with Crippen LogP contribution in [-0.4, -0.2) is 19.3 Å². The molecule has 2 aromatic heterocycles. The first kappa shape index (κ1) is 16.6. The molecule has 0 unspecified atom stereocenters. The van der Waals surface area contributed by atoms with Crippen LogP contribution < -0.4 is 5.56 Å². The van der Waals surface area contributed by atoms with Crippen LogP contribution >= 0.6 is 15.9 Å². The number of halogens is 3. The van der Waals surface area contributed by atoms with E-state index >= 15 is 0 Å². The summed E-state index contributed by atoms with van der Waals surface area (Å²) in [6, 6.07) is 10.7. The van der Waals surface area contributed by atoms with Gasteiger partial charge in [-0.2, -0.15) is 5.10 Å². The van der Waals surface area contributed by atoms with E-state index in [1.807, 2.05) is 24.3 Å². The van der Waals surface area contributed by atoms with Crippen molar-refractivity contribution in [3.8, 4) is 5.69 Å². The van der Waals surface area contributed by atoms with Gasteiger partial charge in [0.25, 0.3) is 5.56 Å². The third-order valence-electron chi connectivity index (χ3n) is 3.98. The Kier molecular flexibility index (Phi) is 4.12. The molecule has 0 atom stereocenters. The first-order valence-corrected chi connectivity index (χ1v) is 8.45. The molecule has 2 heterocycles. The molecule has 0 fully saturated rings. The molecule has 0 aliphatic rings. The predicted octanol–water partition coefficient (Wildman–Crippen LogP) is 3.67. The molecule has 5 nitrogen and oxygen atoms in total. The normalized spacial score (nSPS) is 11.2. The molecule has 2 aromatic carbocycles. The molecule has 0 radical (unpaired) electrons. The van der Waals surface area contributed by atoms with Crippen molar-refractivity contribution in [2.24, 2.45) is 0 Å². The molecule has 26 heavy (non-hydrogen) atoms. The molecule has 4 rings (SSSR count). The molecule has 0 bridgehead atoms. The van der Waals surface area contributed by atoms with Gasteiger partial charge in [0.15, 0.2) is 5.65 Å². The van der Waals surface area contributed by atoms with Crippen LogP contribution in [0, 0.1) is 11.6 Å². The van der Waals surface area contributed by atoms with Crippen molar-refractivity contribution >= 4 is 27.0 Å². The Morgan fingerprint density at radius 3 is 2.58 bits per heavy atom. The van der Waals surface area contributed by atoms with Crippen LogP contribution in [0.2, 0.25) is 0 Å². The van der Waals surface area contributed by atoms with Crippen LogP contribution in [0.1, 0.15) is 5.56 Å². The maximum absolute atomic E-state index is 13.8. The van der Waals surface area contributed by atoms with Crippen molar-refractivity contribution in [3.63, 3.8) is 0 Å². The lowest BCUT2D eigenvalue weighted by molar-refractivity contribution is 0.564. The maximum atomic E-state index is 13.8. The first-order valence-electron chi connectivity index (χ1n) is 7.66. The van der Waals surface area contributed by atoms with Crippen molar-refractivity contribution in [2.45, 2.75) is 6.54 Å². The fraction of sp³-hybridized carbons (Fsp3) is 0.0556. The van der Waals surface area contributed by atoms with E-state index in [2.05, 4.69) is 26.0 Å². The molecular weight excluding hydrogens is 406 g/mol. The smallest absolute Gasteiger partial charge is 0.264 e. The average Bonchev–Trinajstić information content (AvgIpc) is 3.05. The Bertz CT molecular complexity index is 1170. The molecule has 0 saturated heterocycles. The molecule has 0 aliphatic carbocycles. The zero-order valence-corrected chi connectivity index (χ0v) is 14.8. The summed E-state index contributed by atoms with van der Waals surface area (Å²) in [5, 5.41) is 4.55. The van der Waals surface area contributed by atoms with Crippen LogP contribution in [0.15, 0.2) is 64.3 Å². The molecule has 0 N–H and O–H groups in total. The van der Waals surface area contributed by atoms with Crippen LogP contribution in [0.5, 0.6) is 0 Å². The number of rotatable bonds is 3. The van der Waals surface area contributed by atoms with E-state index in [9.17, 15) is 13.6 Å². The van der Waals surface area contributed by atoms with Gasteiger partial charge in [0, 0.05) is 16.1 Å². The van der Waals surface area contributed by atoms with Gasteiger partial charge in [-0.1, -0.05) is 22.0 Å². The second-order valence-electron chi connectivity index (χ2n) is 5.68. The first-order chi connectivity index (χ1) is 12.5. The molecule has 130 valence electrons. The highest BCUT2D eigenvalue weighted by atomic mass is 79.9. The van der Waals surface area contributed by atoms with E-state index in [0.717, 1.165) is 22.3 Å². The summed E-state index contributed by atoms with van der Waals surface area (Å²) in [7, 11) is 0. The Morgan fingerprint density at radius 2 is 1.85 bits per heavy atom. The zero-order valence-electron chi connectivity index (χ0n) is 13.2. The fourth-order valence-electron chi connectivity index (χ4n) is 2.67. The number of hydrogen-bond acceptors (Lipinski definition) is 3. The number of nitrogens with zero attached hydrogens (tertiary/aromatic N) is 4. The molecule has 0 aliphatic heterocycles. The van der Waals surface area contributed by atoms with Crippen LogP contribution in [0.3, 0.4) is 0 Å². The monoisotopic (exact) mass is 416 g/mol. The molecule has 0 saturated carbocycles. The molecule has 0 spiro atoms. The van der Waals surface area contributed by atoms with Gasteiger partial charge >= 0.3 is 0 Å². The molecular formula is C18H11BrF2N4O. The van der Waals surface area contributed by atoms with E-state index in [0.29, 0.717) is 11.0 Å².